The van der Waals surface area contributed by atoms with E-state index in [4.69, 9.17) is 0 Å². The van der Waals surface area contributed by atoms with Crippen LogP contribution in [0.5, 0.6) is 0 Å². The first kappa shape index (κ1) is 18.6. The number of hydrogen-bond acceptors (Lipinski definition) is 6. The van der Waals surface area contributed by atoms with Crippen molar-refractivity contribution in [3.05, 3.63) is 33.8 Å². The van der Waals surface area contributed by atoms with Crippen molar-refractivity contribution < 1.29 is 14.4 Å². The molecule has 0 saturated heterocycles. The van der Waals surface area contributed by atoms with Gasteiger partial charge in [0.2, 0.25) is 17.0 Å². The van der Waals surface area contributed by atoms with E-state index in [9.17, 15) is 14.4 Å². The second kappa shape index (κ2) is 8.00. The van der Waals surface area contributed by atoms with Crippen LogP contribution in [-0.2, 0) is 4.79 Å². The van der Waals surface area contributed by atoms with Crippen LogP contribution in [0.25, 0.3) is 0 Å². The molecule has 3 amide bonds. The van der Waals surface area contributed by atoms with Gasteiger partial charge in [-0.15, -0.1) is 5.10 Å². The third-order valence-corrected chi connectivity index (χ3v) is 4.94. The van der Waals surface area contributed by atoms with Crippen LogP contribution in [0.1, 0.15) is 40.5 Å². The van der Waals surface area contributed by atoms with Crippen molar-refractivity contribution in [3.63, 3.8) is 0 Å². The van der Waals surface area contributed by atoms with Crippen molar-refractivity contribution >= 4 is 51.4 Å². The number of nitrogens with zero attached hydrogens (tertiary/aromatic N) is 3. The normalized spacial score (nSPS) is 13.2. The number of nitrogens with one attached hydrogen (secondary N) is 2. The summed E-state index contributed by atoms with van der Waals surface area (Å²) < 4.78 is 0.742. The number of halogens is 1. The lowest BCUT2D eigenvalue weighted by Crippen LogP contribution is -2.31. The monoisotopic (exact) mass is 437 g/mol. The molecule has 136 valence electrons. The molecule has 2 aromatic rings. The Bertz CT molecular complexity index is 869. The zero-order valence-electron chi connectivity index (χ0n) is 13.9. The molecule has 0 fully saturated rings. The maximum Gasteiger partial charge on any atom is 0.261 e. The molecule has 1 aliphatic heterocycles. The first-order chi connectivity index (χ1) is 12.5. The highest BCUT2D eigenvalue weighted by Gasteiger charge is 2.35. The summed E-state index contributed by atoms with van der Waals surface area (Å²) in [4.78, 5) is 41.9. The van der Waals surface area contributed by atoms with Crippen LogP contribution in [0, 0.1) is 0 Å². The molecule has 0 bridgehead atoms. The molecule has 8 nitrogen and oxygen atoms in total. The van der Waals surface area contributed by atoms with Crippen molar-refractivity contribution in [2.24, 2.45) is 0 Å². The van der Waals surface area contributed by atoms with E-state index in [1.807, 2.05) is 6.92 Å². The summed E-state index contributed by atoms with van der Waals surface area (Å²) >= 11 is 4.76. The zero-order valence-corrected chi connectivity index (χ0v) is 16.3. The summed E-state index contributed by atoms with van der Waals surface area (Å²) in [5.74, 6) is 0.213. The Morgan fingerprint density at radius 3 is 2.85 bits per heavy atom. The van der Waals surface area contributed by atoms with Crippen LogP contribution in [0.15, 0.2) is 27.8 Å². The Morgan fingerprint density at radius 2 is 2.08 bits per heavy atom. The number of benzene rings is 1. The minimum Gasteiger partial charge on any atom is -0.295 e. The van der Waals surface area contributed by atoms with Gasteiger partial charge in [-0.1, -0.05) is 34.6 Å². The largest absolute Gasteiger partial charge is 0.295 e. The quantitative estimate of drug-likeness (QED) is 0.509. The number of carbonyl (C=O) groups excluding carboxylic acids is 3. The fraction of sp³-hybridized carbons (Fsp3) is 0.312. The van der Waals surface area contributed by atoms with Gasteiger partial charge in [0.25, 0.3) is 11.8 Å². The van der Waals surface area contributed by atoms with E-state index in [1.54, 1.807) is 18.2 Å². The molecule has 1 aromatic carbocycles. The van der Waals surface area contributed by atoms with Crippen LogP contribution < -0.4 is 5.32 Å². The third-order valence-electron chi connectivity index (χ3n) is 3.71. The highest BCUT2D eigenvalue weighted by atomic mass is 79.9. The highest BCUT2D eigenvalue weighted by molar-refractivity contribution is 9.10. The van der Waals surface area contributed by atoms with Gasteiger partial charge in [-0.3, -0.25) is 24.6 Å². The standard InChI is InChI=1S/C16H16BrN5O3S/c1-2-26-16-19-15(20-21-16)18-12(23)4-3-7-22-13(24)10-6-5-9(17)8-11(10)14(22)25/h5-6,8H,2-4,7H2,1H3,(H2,18,19,20,21,23). The third kappa shape index (κ3) is 3.96. The first-order valence-electron chi connectivity index (χ1n) is 8.00. The molecule has 0 radical (unpaired) electrons. The molecule has 1 aliphatic rings. The van der Waals surface area contributed by atoms with Gasteiger partial charge in [-0.05, 0) is 30.4 Å². The molecule has 26 heavy (non-hydrogen) atoms. The van der Waals surface area contributed by atoms with Crippen molar-refractivity contribution in [1.82, 2.24) is 20.1 Å². The van der Waals surface area contributed by atoms with Gasteiger partial charge in [0, 0.05) is 17.4 Å². The summed E-state index contributed by atoms with van der Waals surface area (Å²) in [6.07, 6.45) is 0.525. The van der Waals surface area contributed by atoms with E-state index in [2.05, 4.69) is 36.4 Å². The minimum absolute atomic E-state index is 0.161. The number of fused-ring (bicyclic) bond motifs is 1. The lowest BCUT2D eigenvalue weighted by molar-refractivity contribution is -0.116. The smallest absolute Gasteiger partial charge is 0.261 e. The molecular formula is C16H16BrN5O3S. The number of aromatic nitrogens is 3. The van der Waals surface area contributed by atoms with Crippen LogP contribution in [0.2, 0.25) is 0 Å². The van der Waals surface area contributed by atoms with Gasteiger partial charge in [-0.25, -0.2) is 5.10 Å². The number of hydrogen-bond donors (Lipinski definition) is 2. The van der Waals surface area contributed by atoms with Gasteiger partial charge in [-0.2, -0.15) is 4.98 Å². The maximum absolute atomic E-state index is 12.3. The fourth-order valence-corrected chi connectivity index (χ4v) is 3.44. The Balaban J connectivity index is 1.51. The minimum atomic E-state index is -0.330. The number of aromatic amines is 1. The van der Waals surface area contributed by atoms with Gasteiger partial charge in [0.1, 0.15) is 0 Å². The van der Waals surface area contributed by atoms with Gasteiger partial charge < -0.3 is 0 Å². The lowest BCUT2D eigenvalue weighted by atomic mass is 10.1. The number of carbonyl (C=O) groups is 3. The zero-order chi connectivity index (χ0) is 18.7. The molecule has 0 spiro atoms. The van der Waals surface area contributed by atoms with Crippen molar-refractivity contribution in [3.8, 4) is 0 Å². The number of amides is 3. The number of imide groups is 1. The Labute approximate surface area is 162 Å². The molecule has 2 heterocycles. The van der Waals surface area contributed by atoms with Gasteiger partial charge in [0.15, 0.2) is 0 Å². The highest BCUT2D eigenvalue weighted by Crippen LogP contribution is 2.26. The Kier molecular flexibility index (Phi) is 5.72. The second-order valence-corrected chi connectivity index (χ2v) is 7.65. The summed E-state index contributed by atoms with van der Waals surface area (Å²) in [5.41, 5.74) is 0.779. The number of thioether (sulfide) groups is 1. The molecule has 1 aromatic heterocycles. The lowest BCUT2D eigenvalue weighted by Gasteiger charge is -2.13. The number of rotatable bonds is 7. The topological polar surface area (TPSA) is 108 Å². The first-order valence-corrected chi connectivity index (χ1v) is 9.78. The molecule has 0 aliphatic carbocycles. The fourth-order valence-electron chi connectivity index (χ4n) is 2.55. The van der Waals surface area contributed by atoms with E-state index in [0.29, 0.717) is 22.7 Å². The van der Waals surface area contributed by atoms with E-state index < -0.39 is 0 Å². The van der Waals surface area contributed by atoms with Crippen LogP contribution in [-0.4, -0.2) is 50.1 Å². The molecule has 2 N–H and O–H groups in total. The average Bonchev–Trinajstić information content (AvgIpc) is 3.13. The second-order valence-electron chi connectivity index (χ2n) is 5.50. The molecule has 3 rings (SSSR count). The van der Waals surface area contributed by atoms with Crippen molar-refractivity contribution in [2.45, 2.75) is 24.9 Å². The van der Waals surface area contributed by atoms with E-state index in [-0.39, 0.29) is 36.6 Å². The molecule has 0 saturated carbocycles. The van der Waals surface area contributed by atoms with Crippen LogP contribution >= 0.6 is 27.7 Å². The Hall–Kier alpha value is -2.20. The summed E-state index contributed by atoms with van der Waals surface area (Å²) in [6, 6.07) is 4.99. The maximum atomic E-state index is 12.3. The predicted molar refractivity (Wildman–Crippen MR) is 100 cm³/mol. The SMILES string of the molecule is CCSc1n[nH]c(NC(=O)CCCN2C(=O)c3ccc(Br)cc3C2=O)n1. The van der Waals surface area contributed by atoms with Gasteiger partial charge in [0.05, 0.1) is 11.1 Å². The number of anilines is 1. The molecule has 0 unspecified atom stereocenters. The molecule has 0 atom stereocenters. The van der Waals surface area contributed by atoms with Crippen LogP contribution in [0.3, 0.4) is 0 Å². The van der Waals surface area contributed by atoms with Gasteiger partial charge >= 0.3 is 0 Å². The molecule has 10 heteroatoms. The van der Waals surface area contributed by atoms with E-state index in [1.165, 1.54) is 16.7 Å². The summed E-state index contributed by atoms with van der Waals surface area (Å²) in [7, 11) is 0. The number of H-pyrrole nitrogens is 1. The van der Waals surface area contributed by atoms with E-state index >= 15 is 0 Å². The van der Waals surface area contributed by atoms with Crippen LogP contribution in [0.4, 0.5) is 5.95 Å². The summed E-state index contributed by atoms with van der Waals surface area (Å²) in [6.45, 7) is 2.17. The predicted octanol–water partition coefficient (Wildman–Crippen LogP) is 2.69. The van der Waals surface area contributed by atoms with Crippen molar-refractivity contribution in [2.75, 3.05) is 17.6 Å². The average molecular weight is 438 g/mol. The Morgan fingerprint density at radius 1 is 1.31 bits per heavy atom. The molecular weight excluding hydrogens is 422 g/mol. The van der Waals surface area contributed by atoms with E-state index in [0.717, 1.165) is 10.2 Å². The van der Waals surface area contributed by atoms with Crippen molar-refractivity contribution in [1.29, 1.82) is 0 Å². The summed E-state index contributed by atoms with van der Waals surface area (Å²) in [5, 5.41) is 9.80.